The highest BCUT2D eigenvalue weighted by atomic mass is 31.2. The van der Waals surface area contributed by atoms with Gasteiger partial charge < -0.3 is 9.05 Å². The van der Waals surface area contributed by atoms with Gasteiger partial charge in [-0.15, -0.1) is 0 Å². The highest BCUT2D eigenvalue weighted by molar-refractivity contribution is 7.56. The van der Waals surface area contributed by atoms with E-state index in [0.717, 1.165) is 16.8 Å². The number of hydrogen-bond acceptors (Lipinski definition) is 2. The van der Waals surface area contributed by atoms with E-state index < -0.39 is 8.38 Å². The molecule has 1 heterocycles. The molecule has 0 spiro atoms. The summed E-state index contributed by atoms with van der Waals surface area (Å²) in [7, 11) is -1.40. The molecule has 0 saturated heterocycles. The Labute approximate surface area is 239 Å². The molecule has 0 bridgehead atoms. The van der Waals surface area contributed by atoms with Crippen molar-refractivity contribution in [3.8, 4) is 11.5 Å². The van der Waals surface area contributed by atoms with E-state index in [1.807, 2.05) is 0 Å². The Morgan fingerprint density at radius 3 is 1.26 bits per heavy atom. The van der Waals surface area contributed by atoms with Crippen LogP contribution in [0.1, 0.15) is 129 Å². The SMILES string of the molecule is CC1c2cc(C(C)(C)C)cc(C(C)(C)C)c2OP(c2ccccc2)Oc2c1cc(C(C)(C)C)cc2C(C)(C)C. The summed E-state index contributed by atoms with van der Waals surface area (Å²) in [6.45, 7) is 29.9. The maximum absolute atomic E-state index is 7.08. The molecule has 0 amide bonds. The molecule has 0 N–H and O–H groups in total. The van der Waals surface area contributed by atoms with Crippen molar-refractivity contribution in [2.45, 2.75) is 118 Å². The molecular weight excluding hydrogens is 495 g/mol. The second-order valence-electron chi connectivity index (χ2n) is 15.4. The van der Waals surface area contributed by atoms with E-state index in [1.165, 1.54) is 33.4 Å². The fourth-order valence-corrected chi connectivity index (χ4v) is 6.54. The second kappa shape index (κ2) is 9.95. The van der Waals surface area contributed by atoms with Crippen LogP contribution in [0.3, 0.4) is 0 Å². The molecule has 39 heavy (non-hydrogen) atoms. The summed E-state index contributed by atoms with van der Waals surface area (Å²) >= 11 is 0. The summed E-state index contributed by atoms with van der Waals surface area (Å²) in [6, 6.07) is 20.0. The zero-order valence-electron chi connectivity index (χ0n) is 26.5. The number of benzene rings is 3. The van der Waals surface area contributed by atoms with Crippen molar-refractivity contribution < 1.29 is 9.05 Å². The Hall–Kier alpha value is -2.31. The Bertz CT molecular complexity index is 1260. The molecule has 1 aliphatic heterocycles. The van der Waals surface area contributed by atoms with Gasteiger partial charge in [0.15, 0.2) is 0 Å². The van der Waals surface area contributed by atoms with Crippen molar-refractivity contribution in [2.75, 3.05) is 0 Å². The van der Waals surface area contributed by atoms with Gasteiger partial charge in [0, 0.05) is 28.2 Å². The molecular formula is C36H49O2P. The van der Waals surface area contributed by atoms with E-state index in [9.17, 15) is 0 Å². The largest absolute Gasteiger partial charge is 0.435 e. The molecule has 0 radical (unpaired) electrons. The van der Waals surface area contributed by atoms with Gasteiger partial charge in [-0.05, 0) is 44.9 Å². The summed E-state index contributed by atoms with van der Waals surface area (Å²) in [5.41, 5.74) is 7.55. The van der Waals surface area contributed by atoms with Crippen LogP contribution in [0.25, 0.3) is 0 Å². The third-order valence-corrected chi connectivity index (χ3v) is 9.25. The first kappa shape index (κ1) is 29.7. The van der Waals surface area contributed by atoms with Crippen LogP contribution in [0, 0.1) is 0 Å². The lowest BCUT2D eigenvalue weighted by atomic mass is 9.74. The first-order valence-electron chi connectivity index (χ1n) is 14.4. The van der Waals surface area contributed by atoms with E-state index in [4.69, 9.17) is 9.05 Å². The van der Waals surface area contributed by atoms with Gasteiger partial charge in [-0.2, -0.15) is 0 Å². The fourth-order valence-electron chi connectivity index (χ4n) is 5.14. The Kier molecular flexibility index (Phi) is 7.57. The van der Waals surface area contributed by atoms with Gasteiger partial charge in [0.2, 0.25) is 0 Å². The lowest BCUT2D eigenvalue weighted by Crippen LogP contribution is -2.24. The predicted octanol–water partition coefficient (Wildman–Crippen LogP) is 10.4. The Morgan fingerprint density at radius 1 is 0.538 bits per heavy atom. The highest BCUT2D eigenvalue weighted by Gasteiger charge is 2.37. The maximum Gasteiger partial charge on any atom is 0.326 e. The third kappa shape index (κ3) is 6.07. The average Bonchev–Trinajstić information content (AvgIpc) is 2.80. The van der Waals surface area contributed by atoms with Crippen molar-refractivity contribution in [3.63, 3.8) is 0 Å². The van der Waals surface area contributed by atoms with Crippen molar-refractivity contribution in [3.05, 3.63) is 88.0 Å². The highest BCUT2D eigenvalue weighted by Crippen LogP contribution is 2.55. The van der Waals surface area contributed by atoms with Gasteiger partial charge >= 0.3 is 8.38 Å². The smallest absolute Gasteiger partial charge is 0.326 e. The maximum atomic E-state index is 7.08. The van der Waals surface area contributed by atoms with E-state index in [-0.39, 0.29) is 27.6 Å². The molecule has 0 fully saturated rings. The van der Waals surface area contributed by atoms with Gasteiger partial charge in [0.1, 0.15) is 11.5 Å². The summed E-state index contributed by atoms with van der Waals surface area (Å²) in [4.78, 5) is 0. The summed E-state index contributed by atoms with van der Waals surface area (Å²) in [6.07, 6.45) is 0. The summed E-state index contributed by atoms with van der Waals surface area (Å²) in [5.74, 6) is 2.08. The van der Waals surface area contributed by atoms with E-state index in [0.29, 0.717) is 0 Å². The monoisotopic (exact) mass is 544 g/mol. The zero-order chi connectivity index (χ0) is 29.1. The lowest BCUT2D eigenvalue weighted by Gasteiger charge is -2.37. The minimum absolute atomic E-state index is 0.0183. The van der Waals surface area contributed by atoms with Crippen LogP contribution >= 0.6 is 8.38 Å². The van der Waals surface area contributed by atoms with Gasteiger partial charge in [0.25, 0.3) is 0 Å². The molecule has 3 heteroatoms. The van der Waals surface area contributed by atoms with Crippen molar-refractivity contribution >= 4 is 13.7 Å². The molecule has 4 rings (SSSR count). The van der Waals surface area contributed by atoms with Crippen LogP contribution in [-0.2, 0) is 21.7 Å². The molecule has 0 saturated carbocycles. The second-order valence-corrected chi connectivity index (χ2v) is 16.8. The van der Waals surface area contributed by atoms with Gasteiger partial charge in [0.05, 0.1) is 5.30 Å². The first-order valence-corrected chi connectivity index (χ1v) is 15.5. The molecule has 2 nitrogen and oxygen atoms in total. The molecule has 3 aromatic carbocycles. The van der Waals surface area contributed by atoms with E-state index >= 15 is 0 Å². The fraction of sp³-hybridized carbons (Fsp3) is 0.500. The minimum Gasteiger partial charge on any atom is -0.435 e. The Morgan fingerprint density at radius 2 is 0.923 bits per heavy atom. The number of hydrogen-bond donors (Lipinski definition) is 0. The molecule has 0 unspecified atom stereocenters. The first-order chi connectivity index (χ1) is 17.8. The number of rotatable bonds is 1. The van der Waals surface area contributed by atoms with Gasteiger partial charge in [-0.1, -0.05) is 132 Å². The minimum atomic E-state index is -1.40. The molecule has 0 aromatic heterocycles. The zero-order valence-corrected chi connectivity index (χ0v) is 27.4. The van der Waals surface area contributed by atoms with E-state index in [1.54, 1.807) is 0 Å². The third-order valence-electron chi connectivity index (χ3n) is 7.83. The molecule has 210 valence electrons. The lowest BCUT2D eigenvalue weighted by molar-refractivity contribution is 0.448. The molecule has 3 aromatic rings. The molecule has 1 aliphatic rings. The van der Waals surface area contributed by atoms with Gasteiger partial charge in [-0.3, -0.25) is 0 Å². The van der Waals surface area contributed by atoms with Crippen molar-refractivity contribution in [1.82, 2.24) is 0 Å². The van der Waals surface area contributed by atoms with Crippen LogP contribution in [0.2, 0.25) is 0 Å². The van der Waals surface area contributed by atoms with Crippen molar-refractivity contribution in [1.29, 1.82) is 0 Å². The summed E-state index contributed by atoms with van der Waals surface area (Å²) < 4.78 is 14.2. The standard InChI is InChI=1S/C36H49O2P/c1-23-27-19-24(33(2,3)4)21-29(35(8,9)10)31(27)37-39(26-17-15-14-16-18-26)38-32-28(23)20-25(34(5,6)7)22-30(32)36(11,12)13/h14-23H,1-13H3. The van der Waals surface area contributed by atoms with Crippen LogP contribution < -0.4 is 14.4 Å². The quantitative estimate of drug-likeness (QED) is 0.284. The van der Waals surface area contributed by atoms with Crippen LogP contribution in [-0.4, -0.2) is 0 Å². The molecule has 0 aliphatic carbocycles. The van der Waals surface area contributed by atoms with Crippen LogP contribution in [0.15, 0.2) is 54.6 Å². The van der Waals surface area contributed by atoms with E-state index in [2.05, 4.69) is 145 Å². The predicted molar refractivity (Wildman–Crippen MR) is 169 cm³/mol. The van der Waals surface area contributed by atoms with Crippen LogP contribution in [0.4, 0.5) is 0 Å². The van der Waals surface area contributed by atoms with Crippen LogP contribution in [0.5, 0.6) is 11.5 Å². The topological polar surface area (TPSA) is 18.5 Å². The van der Waals surface area contributed by atoms with Crippen molar-refractivity contribution in [2.24, 2.45) is 0 Å². The Balaban J connectivity index is 2.14. The molecule has 0 atom stereocenters. The number of fused-ring (bicyclic) bond motifs is 2. The summed E-state index contributed by atoms with van der Waals surface area (Å²) in [5, 5.41) is 1.08. The van der Waals surface area contributed by atoms with Gasteiger partial charge in [-0.25, -0.2) is 0 Å². The normalized spacial score (nSPS) is 18.3. The average molecular weight is 545 g/mol.